The number of benzene rings is 1. The number of aryl methyl sites for hydroxylation is 1. The van der Waals surface area contributed by atoms with E-state index in [2.05, 4.69) is 44.2 Å². The van der Waals surface area contributed by atoms with Crippen LogP contribution in [0, 0.1) is 12.3 Å². The first-order valence-corrected chi connectivity index (χ1v) is 7.78. The van der Waals surface area contributed by atoms with E-state index in [1.807, 2.05) is 44.1 Å². The first-order valence-electron chi connectivity index (χ1n) is 7.78. The third-order valence-electron chi connectivity index (χ3n) is 3.61. The number of rotatable bonds is 7. The van der Waals surface area contributed by atoms with E-state index in [0.717, 1.165) is 12.1 Å². The lowest BCUT2D eigenvalue weighted by molar-refractivity contribution is -0.126. The Morgan fingerprint density at radius 2 is 1.86 bits per heavy atom. The van der Waals surface area contributed by atoms with Gasteiger partial charge in [0.1, 0.15) is 6.04 Å². The van der Waals surface area contributed by atoms with Gasteiger partial charge in [-0.05, 0) is 46.1 Å². The molecule has 0 aliphatic heterocycles. The molecule has 0 aliphatic carbocycles. The van der Waals surface area contributed by atoms with Crippen LogP contribution in [0.1, 0.15) is 31.0 Å². The van der Waals surface area contributed by atoms with Crippen molar-refractivity contribution >= 4 is 5.91 Å². The van der Waals surface area contributed by atoms with E-state index in [-0.39, 0.29) is 17.4 Å². The Balaban J connectivity index is 2.79. The maximum absolute atomic E-state index is 12.7. The summed E-state index contributed by atoms with van der Waals surface area (Å²) in [5.41, 5.74) is 2.25. The zero-order chi connectivity index (χ0) is 16.9. The molecule has 1 aromatic carbocycles. The van der Waals surface area contributed by atoms with E-state index in [4.69, 9.17) is 0 Å². The van der Waals surface area contributed by atoms with Gasteiger partial charge in [0.2, 0.25) is 5.91 Å². The Morgan fingerprint density at radius 1 is 1.23 bits per heavy atom. The molecular formula is C18H31N3O. The molecule has 1 aromatic rings. The van der Waals surface area contributed by atoms with Crippen LogP contribution in [0.4, 0.5) is 0 Å². The predicted molar refractivity (Wildman–Crippen MR) is 93.0 cm³/mol. The Hall–Kier alpha value is -1.39. The number of nitrogens with zero attached hydrogens (tertiary/aromatic N) is 2. The highest BCUT2D eigenvalue weighted by Gasteiger charge is 2.26. The number of nitrogens with one attached hydrogen (secondary N) is 1. The van der Waals surface area contributed by atoms with Crippen LogP contribution in [0.5, 0.6) is 0 Å². The first kappa shape index (κ1) is 18.7. The lowest BCUT2D eigenvalue weighted by Gasteiger charge is -2.30. The molecule has 0 heterocycles. The Morgan fingerprint density at radius 3 is 2.36 bits per heavy atom. The van der Waals surface area contributed by atoms with Gasteiger partial charge in [-0.1, -0.05) is 43.7 Å². The van der Waals surface area contributed by atoms with E-state index < -0.39 is 0 Å². The summed E-state index contributed by atoms with van der Waals surface area (Å²) in [5.74, 6) is 0.0578. The summed E-state index contributed by atoms with van der Waals surface area (Å²) >= 11 is 0. The monoisotopic (exact) mass is 305 g/mol. The highest BCUT2D eigenvalue weighted by atomic mass is 16.2. The van der Waals surface area contributed by atoms with E-state index in [9.17, 15) is 4.79 Å². The second-order valence-electron chi connectivity index (χ2n) is 7.40. The third kappa shape index (κ3) is 5.78. The van der Waals surface area contributed by atoms with Crippen LogP contribution >= 0.6 is 0 Å². The van der Waals surface area contributed by atoms with E-state index >= 15 is 0 Å². The normalized spacial score (nSPS) is 13.5. The second kappa shape index (κ2) is 7.75. The van der Waals surface area contributed by atoms with E-state index in [1.165, 1.54) is 5.56 Å². The number of hydrogen-bond acceptors (Lipinski definition) is 3. The fourth-order valence-corrected chi connectivity index (χ4v) is 2.86. The molecule has 0 aliphatic rings. The number of carbonyl (C=O) groups excluding carboxylic acids is 1. The van der Waals surface area contributed by atoms with Crippen molar-refractivity contribution < 1.29 is 4.79 Å². The maximum Gasteiger partial charge on any atom is 0.241 e. The van der Waals surface area contributed by atoms with Gasteiger partial charge in [-0.2, -0.15) is 0 Å². The average molecular weight is 305 g/mol. The van der Waals surface area contributed by atoms with Crippen molar-refractivity contribution in [3.05, 3.63) is 35.4 Å². The fourth-order valence-electron chi connectivity index (χ4n) is 2.86. The highest BCUT2D eigenvalue weighted by Crippen LogP contribution is 2.21. The summed E-state index contributed by atoms with van der Waals surface area (Å²) in [6.45, 7) is 7.99. The van der Waals surface area contributed by atoms with Crippen molar-refractivity contribution in [1.29, 1.82) is 0 Å². The minimum absolute atomic E-state index is 0.0443. The van der Waals surface area contributed by atoms with Crippen LogP contribution in [-0.4, -0.2) is 57.0 Å². The molecule has 0 bridgehead atoms. The summed E-state index contributed by atoms with van der Waals surface area (Å²) in [6, 6.07) is 7.89. The minimum atomic E-state index is -0.255. The summed E-state index contributed by atoms with van der Waals surface area (Å²) < 4.78 is 0. The molecule has 1 N–H and O–H groups in total. The Labute approximate surface area is 135 Å². The molecule has 22 heavy (non-hydrogen) atoms. The number of carbonyl (C=O) groups is 1. The van der Waals surface area contributed by atoms with Crippen LogP contribution in [-0.2, 0) is 4.79 Å². The number of hydrogen-bond donors (Lipinski definition) is 1. The Kier molecular flexibility index (Phi) is 6.57. The van der Waals surface area contributed by atoms with Gasteiger partial charge in [-0.3, -0.25) is 9.69 Å². The van der Waals surface area contributed by atoms with Crippen LogP contribution in [0.25, 0.3) is 0 Å². The van der Waals surface area contributed by atoms with Crippen LogP contribution in [0.15, 0.2) is 24.3 Å². The molecule has 0 fully saturated rings. The number of likely N-dealkylation sites (N-methyl/N-ethyl adjacent to an activating group) is 1. The molecule has 1 amide bonds. The molecule has 1 rings (SSSR count). The predicted octanol–water partition coefficient (Wildman–Crippen LogP) is 2.30. The molecule has 0 saturated carbocycles. The van der Waals surface area contributed by atoms with Crippen molar-refractivity contribution in [3.63, 3.8) is 0 Å². The molecule has 0 unspecified atom stereocenters. The van der Waals surface area contributed by atoms with Crippen LogP contribution in [0.2, 0.25) is 0 Å². The lowest BCUT2D eigenvalue weighted by Crippen LogP contribution is -2.44. The topological polar surface area (TPSA) is 35.6 Å². The fraction of sp³-hybridized carbons (Fsp3) is 0.611. The standard InChI is InChI=1S/C18H31N3O/c1-14-9-8-10-15(11-14)16(21(6)7)17(22)19-12-18(2,3)13-20(4)5/h8-11,16H,12-13H2,1-7H3,(H,19,22)/t16-/m1/s1. The van der Waals surface area contributed by atoms with Crippen LogP contribution < -0.4 is 5.32 Å². The molecule has 0 aromatic heterocycles. The summed E-state index contributed by atoms with van der Waals surface area (Å²) in [7, 11) is 7.99. The van der Waals surface area contributed by atoms with E-state index in [0.29, 0.717) is 6.54 Å². The van der Waals surface area contributed by atoms with Crippen LogP contribution in [0.3, 0.4) is 0 Å². The first-order chi connectivity index (χ1) is 10.1. The smallest absolute Gasteiger partial charge is 0.241 e. The van der Waals surface area contributed by atoms with E-state index in [1.54, 1.807) is 0 Å². The third-order valence-corrected chi connectivity index (χ3v) is 3.61. The molecule has 0 spiro atoms. The molecule has 1 atom stereocenters. The summed E-state index contributed by atoms with van der Waals surface area (Å²) in [4.78, 5) is 16.8. The lowest BCUT2D eigenvalue weighted by atomic mass is 9.92. The summed E-state index contributed by atoms with van der Waals surface area (Å²) in [6.07, 6.45) is 0. The van der Waals surface area contributed by atoms with Crippen molar-refractivity contribution in [3.8, 4) is 0 Å². The van der Waals surface area contributed by atoms with Gasteiger partial charge in [0.25, 0.3) is 0 Å². The molecule has 0 radical (unpaired) electrons. The number of amides is 1. The SMILES string of the molecule is Cc1cccc([C@H](C(=O)NCC(C)(C)CN(C)C)N(C)C)c1. The van der Waals surface area contributed by atoms with Gasteiger partial charge >= 0.3 is 0 Å². The molecular weight excluding hydrogens is 274 g/mol. The molecule has 4 heteroatoms. The van der Waals surface area contributed by atoms with Crippen molar-refractivity contribution in [2.45, 2.75) is 26.8 Å². The van der Waals surface area contributed by atoms with Gasteiger partial charge < -0.3 is 10.2 Å². The highest BCUT2D eigenvalue weighted by molar-refractivity contribution is 5.83. The van der Waals surface area contributed by atoms with Crippen molar-refractivity contribution in [2.24, 2.45) is 5.41 Å². The maximum atomic E-state index is 12.7. The van der Waals surface area contributed by atoms with Crippen molar-refractivity contribution in [2.75, 3.05) is 41.3 Å². The molecule has 124 valence electrons. The average Bonchev–Trinajstić information content (AvgIpc) is 2.35. The van der Waals surface area contributed by atoms with Gasteiger partial charge in [0.05, 0.1) is 0 Å². The van der Waals surface area contributed by atoms with Crippen molar-refractivity contribution in [1.82, 2.24) is 15.1 Å². The molecule has 0 saturated heterocycles. The van der Waals surface area contributed by atoms with Gasteiger partial charge in [-0.25, -0.2) is 0 Å². The molecule has 4 nitrogen and oxygen atoms in total. The second-order valence-corrected chi connectivity index (χ2v) is 7.40. The van der Waals surface area contributed by atoms with Gasteiger partial charge in [0.15, 0.2) is 0 Å². The minimum Gasteiger partial charge on any atom is -0.354 e. The zero-order valence-corrected chi connectivity index (χ0v) is 15.1. The summed E-state index contributed by atoms with van der Waals surface area (Å²) in [5, 5.41) is 3.12. The van der Waals surface area contributed by atoms with Gasteiger partial charge in [-0.15, -0.1) is 0 Å². The largest absolute Gasteiger partial charge is 0.354 e. The zero-order valence-electron chi connectivity index (χ0n) is 15.1. The Bertz CT molecular complexity index is 495. The van der Waals surface area contributed by atoms with Gasteiger partial charge in [0, 0.05) is 13.1 Å². The quantitative estimate of drug-likeness (QED) is 0.839.